The standard InChI is InChI=1S/C26H27N5O3S/c32-26(19-9-11-27-12-10-19)28-13-14-29-35(33,34)21-7-8-25(31-15-3-4-16-31)22(18-21)24-17-20-5-1-2-6-23(20)30-24/h1-2,5-12,17-18,29-30H,3-4,13-16H2,(H,28,32). The van der Waals surface area contributed by atoms with E-state index < -0.39 is 10.0 Å². The van der Waals surface area contributed by atoms with Crippen molar-refractivity contribution in [3.63, 3.8) is 0 Å². The summed E-state index contributed by atoms with van der Waals surface area (Å²) in [6.07, 6.45) is 5.32. The fourth-order valence-electron chi connectivity index (χ4n) is 4.40. The lowest BCUT2D eigenvalue weighted by Crippen LogP contribution is -2.34. The van der Waals surface area contributed by atoms with E-state index in [-0.39, 0.29) is 23.9 Å². The van der Waals surface area contributed by atoms with Crippen molar-refractivity contribution in [3.05, 3.63) is 78.6 Å². The third-order valence-electron chi connectivity index (χ3n) is 6.19. The van der Waals surface area contributed by atoms with Gasteiger partial charge in [-0.2, -0.15) is 0 Å². The zero-order chi connectivity index (χ0) is 24.3. The summed E-state index contributed by atoms with van der Waals surface area (Å²) < 4.78 is 28.8. The van der Waals surface area contributed by atoms with E-state index in [1.807, 2.05) is 30.3 Å². The highest BCUT2D eigenvalue weighted by Gasteiger charge is 2.22. The third kappa shape index (κ3) is 5.06. The SMILES string of the molecule is O=C(NCCNS(=O)(=O)c1ccc(N2CCCC2)c(-c2cc3ccccc3[nH]2)c1)c1ccncc1. The number of aromatic amines is 1. The predicted molar refractivity (Wildman–Crippen MR) is 137 cm³/mol. The third-order valence-corrected chi connectivity index (χ3v) is 7.65. The van der Waals surface area contributed by atoms with E-state index in [0.29, 0.717) is 5.56 Å². The van der Waals surface area contributed by atoms with Crippen LogP contribution >= 0.6 is 0 Å². The summed E-state index contributed by atoms with van der Waals surface area (Å²) in [7, 11) is -3.77. The van der Waals surface area contributed by atoms with Crippen LogP contribution in [0.1, 0.15) is 23.2 Å². The van der Waals surface area contributed by atoms with Gasteiger partial charge < -0.3 is 15.2 Å². The fraction of sp³-hybridized carbons (Fsp3) is 0.231. The van der Waals surface area contributed by atoms with E-state index in [1.165, 1.54) is 12.4 Å². The predicted octanol–water partition coefficient (Wildman–Crippen LogP) is 3.54. The number of pyridine rings is 1. The highest BCUT2D eigenvalue weighted by atomic mass is 32.2. The number of amides is 1. The second-order valence-corrected chi connectivity index (χ2v) is 10.3. The fourth-order valence-corrected chi connectivity index (χ4v) is 5.46. The molecule has 2 aromatic carbocycles. The molecular formula is C26H27N5O3S. The van der Waals surface area contributed by atoms with Crippen LogP contribution < -0.4 is 14.9 Å². The summed E-state index contributed by atoms with van der Waals surface area (Å²) in [6.45, 7) is 2.15. The molecule has 0 saturated carbocycles. The van der Waals surface area contributed by atoms with E-state index in [0.717, 1.165) is 53.8 Å². The topological polar surface area (TPSA) is 107 Å². The molecule has 0 spiro atoms. The van der Waals surface area contributed by atoms with E-state index in [9.17, 15) is 13.2 Å². The number of nitrogens with one attached hydrogen (secondary N) is 3. The lowest BCUT2D eigenvalue weighted by molar-refractivity contribution is 0.0954. The molecule has 0 aliphatic carbocycles. The van der Waals surface area contributed by atoms with Crippen LogP contribution in [0.3, 0.4) is 0 Å². The Morgan fingerprint density at radius 3 is 2.51 bits per heavy atom. The van der Waals surface area contributed by atoms with Gasteiger partial charge in [0.15, 0.2) is 0 Å². The van der Waals surface area contributed by atoms with Crippen LogP contribution in [0.4, 0.5) is 5.69 Å². The minimum Gasteiger partial charge on any atom is -0.371 e. The number of hydrogen-bond acceptors (Lipinski definition) is 5. The Morgan fingerprint density at radius 2 is 1.74 bits per heavy atom. The molecule has 5 rings (SSSR count). The molecule has 2 aromatic heterocycles. The second-order valence-electron chi connectivity index (χ2n) is 8.53. The van der Waals surface area contributed by atoms with E-state index in [2.05, 4.69) is 31.0 Å². The maximum atomic E-state index is 13.1. The van der Waals surface area contributed by atoms with Gasteiger partial charge in [0.25, 0.3) is 5.91 Å². The molecular weight excluding hydrogens is 462 g/mol. The first-order valence-electron chi connectivity index (χ1n) is 11.7. The van der Waals surface area contributed by atoms with Gasteiger partial charge in [0.1, 0.15) is 0 Å². The average Bonchev–Trinajstić information content (AvgIpc) is 3.57. The quantitative estimate of drug-likeness (QED) is 0.328. The molecule has 0 unspecified atom stereocenters. The molecule has 0 radical (unpaired) electrons. The summed E-state index contributed by atoms with van der Waals surface area (Å²) in [5.41, 5.74) is 4.25. The van der Waals surface area contributed by atoms with Crippen LogP contribution in [0.5, 0.6) is 0 Å². The van der Waals surface area contributed by atoms with Crippen molar-refractivity contribution in [3.8, 4) is 11.3 Å². The van der Waals surface area contributed by atoms with Crippen molar-refractivity contribution in [2.24, 2.45) is 0 Å². The van der Waals surface area contributed by atoms with Gasteiger partial charge in [-0.25, -0.2) is 13.1 Å². The number of benzene rings is 2. The molecule has 1 fully saturated rings. The van der Waals surface area contributed by atoms with Gasteiger partial charge in [0.2, 0.25) is 10.0 Å². The number of para-hydroxylation sites is 1. The van der Waals surface area contributed by atoms with Crippen LogP contribution in [0.15, 0.2) is 78.0 Å². The zero-order valence-electron chi connectivity index (χ0n) is 19.2. The average molecular weight is 490 g/mol. The normalized spacial score (nSPS) is 13.9. The number of fused-ring (bicyclic) bond motifs is 1. The second kappa shape index (κ2) is 9.89. The summed E-state index contributed by atoms with van der Waals surface area (Å²) in [5.74, 6) is -0.275. The van der Waals surface area contributed by atoms with Crippen LogP contribution in [0.2, 0.25) is 0 Å². The highest BCUT2D eigenvalue weighted by molar-refractivity contribution is 7.89. The number of H-pyrrole nitrogens is 1. The minimum atomic E-state index is -3.77. The van der Waals surface area contributed by atoms with Crippen LogP contribution in [-0.2, 0) is 10.0 Å². The van der Waals surface area contributed by atoms with E-state index in [1.54, 1.807) is 24.3 Å². The number of carbonyl (C=O) groups is 1. The highest BCUT2D eigenvalue weighted by Crippen LogP contribution is 2.36. The molecule has 1 saturated heterocycles. The van der Waals surface area contributed by atoms with Crippen molar-refractivity contribution in [2.45, 2.75) is 17.7 Å². The van der Waals surface area contributed by atoms with Crippen LogP contribution in [0.25, 0.3) is 22.2 Å². The molecule has 35 heavy (non-hydrogen) atoms. The molecule has 180 valence electrons. The monoisotopic (exact) mass is 489 g/mol. The number of aromatic nitrogens is 2. The number of anilines is 1. The Morgan fingerprint density at radius 1 is 0.971 bits per heavy atom. The van der Waals surface area contributed by atoms with Crippen LogP contribution in [-0.4, -0.2) is 50.5 Å². The summed E-state index contributed by atoms with van der Waals surface area (Å²) >= 11 is 0. The Bertz CT molecular complexity index is 1410. The van der Waals surface area contributed by atoms with Crippen molar-refractivity contribution < 1.29 is 13.2 Å². The Kier molecular flexibility index (Phi) is 6.52. The van der Waals surface area contributed by atoms with Crippen molar-refractivity contribution in [2.75, 3.05) is 31.1 Å². The first kappa shape index (κ1) is 23.1. The maximum absolute atomic E-state index is 13.1. The minimum absolute atomic E-state index is 0.0781. The summed E-state index contributed by atoms with van der Waals surface area (Å²) in [4.78, 5) is 22.0. The molecule has 1 aliphatic rings. The molecule has 9 heteroatoms. The van der Waals surface area contributed by atoms with Gasteiger partial charge in [-0.05, 0) is 55.3 Å². The van der Waals surface area contributed by atoms with Gasteiger partial charge >= 0.3 is 0 Å². The van der Waals surface area contributed by atoms with Gasteiger partial charge in [0.05, 0.1) is 4.90 Å². The van der Waals surface area contributed by atoms with Crippen molar-refractivity contribution >= 4 is 32.5 Å². The Hall–Kier alpha value is -3.69. The van der Waals surface area contributed by atoms with Gasteiger partial charge in [-0.1, -0.05) is 18.2 Å². The zero-order valence-corrected chi connectivity index (χ0v) is 20.0. The van der Waals surface area contributed by atoms with Gasteiger partial charge in [0, 0.05) is 72.0 Å². The Balaban J connectivity index is 1.36. The maximum Gasteiger partial charge on any atom is 0.251 e. The molecule has 1 amide bonds. The lowest BCUT2D eigenvalue weighted by atomic mass is 10.1. The first-order chi connectivity index (χ1) is 17.0. The first-order valence-corrected chi connectivity index (χ1v) is 13.1. The molecule has 3 N–H and O–H groups in total. The number of sulfonamides is 1. The molecule has 0 atom stereocenters. The molecule has 1 aliphatic heterocycles. The van der Waals surface area contributed by atoms with Gasteiger partial charge in [-0.3, -0.25) is 9.78 Å². The molecule has 4 aromatic rings. The largest absolute Gasteiger partial charge is 0.371 e. The smallest absolute Gasteiger partial charge is 0.251 e. The molecule has 0 bridgehead atoms. The summed E-state index contributed by atoms with van der Waals surface area (Å²) in [6, 6.07) is 18.6. The molecule has 8 nitrogen and oxygen atoms in total. The Labute approximate surface area is 204 Å². The lowest BCUT2D eigenvalue weighted by Gasteiger charge is -2.22. The number of nitrogens with zero attached hydrogens (tertiary/aromatic N) is 2. The number of hydrogen-bond donors (Lipinski definition) is 3. The van der Waals surface area contributed by atoms with E-state index in [4.69, 9.17) is 0 Å². The number of rotatable bonds is 8. The van der Waals surface area contributed by atoms with Crippen molar-refractivity contribution in [1.29, 1.82) is 0 Å². The van der Waals surface area contributed by atoms with E-state index >= 15 is 0 Å². The van der Waals surface area contributed by atoms with Crippen LogP contribution in [0, 0.1) is 0 Å². The number of carbonyl (C=O) groups excluding carboxylic acids is 1. The van der Waals surface area contributed by atoms with Gasteiger partial charge in [-0.15, -0.1) is 0 Å². The molecule has 3 heterocycles. The van der Waals surface area contributed by atoms with Crippen molar-refractivity contribution in [1.82, 2.24) is 20.0 Å². The summed E-state index contributed by atoms with van der Waals surface area (Å²) in [5, 5.41) is 3.79.